The van der Waals surface area contributed by atoms with Crippen LogP contribution in [0.25, 0.3) is 21.5 Å². The molecule has 8 heteroatoms. The smallest absolute Gasteiger partial charge is 0.353 e. The van der Waals surface area contributed by atoms with Crippen molar-refractivity contribution in [2.45, 2.75) is 0 Å². The van der Waals surface area contributed by atoms with Crippen molar-refractivity contribution in [2.24, 2.45) is 0 Å². The number of para-hydroxylation sites is 1. The van der Waals surface area contributed by atoms with Crippen LogP contribution in [0.4, 0.5) is 5.13 Å². The third kappa shape index (κ3) is 2.82. The Bertz CT molecular complexity index is 1170. The average molecular weight is 365 g/mol. The third-order valence-corrected chi connectivity index (χ3v) is 4.57. The minimum absolute atomic E-state index is 0.203. The molecule has 0 atom stereocenters. The van der Waals surface area contributed by atoms with E-state index in [2.05, 4.69) is 15.5 Å². The summed E-state index contributed by atoms with van der Waals surface area (Å²) in [5.41, 5.74) is -0.334. The minimum atomic E-state index is -0.925. The summed E-state index contributed by atoms with van der Waals surface area (Å²) in [6.45, 7) is 0. The van der Waals surface area contributed by atoms with Gasteiger partial charge in [0.25, 0.3) is 5.91 Å². The first-order valence-electron chi connectivity index (χ1n) is 7.58. The van der Waals surface area contributed by atoms with Gasteiger partial charge >= 0.3 is 5.63 Å². The molecule has 2 aromatic heterocycles. The number of amides is 1. The molecular formula is C18H11N3O4S. The van der Waals surface area contributed by atoms with Crippen LogP contribution < -0.4 is 10.9 Å². The molecule has 128 valence electrons. The molecule has 0 radical (unpaired) electrons. The molecule has 26 heavy (non-hydrogen) atoms. The summed E-state index contributed by atoms with van der Waals surface area (Å²) in [4.78, 5) is 24.5. The van der Waals surface area contributed by atoms with Crippen LogP contribution in [0.1, 0.15) is 10.4 Å². The molecule has 0 saturated carbocycles. The number of anilines is 1. The molecule has 4 rings (SSSR count). The summed E-state index contributed by atoms with van der Waals surface area (Å²) < 4.78 is 5.10. The van der Waals surface area contributed by atoms with E-state index in [0.717, 1.165) is 16.9 Å². The van der Waals surface area contributed by atoms with Gasteiger partial charge in [0.15, 0.2) is 5.56 Å². The molecule has 0 saturated heterocycles. The monoisotopic (exact) mass is 365 g/mol. The van der Waals surface area contributed by atoms with Crippen LogP contribution in [-0.4, -0.2) is 21.2 Å². The fraction of sp³-hybridized carbons (Fsp3) is 0. The number of benzene rings is 2. The van der Waals surface area contributed by atoms with Gasteiger partial charge in [-0.25, -0.2) is 4.79 Å². The largest absolute Gasteiger partial charge is 0.506 e. The number of aromatic hydroxyl groups is 1. The van der Waals surface area contributed by atoms with Crippen LogP contribution in [0.5, 0.6) is 5.75 Å². The van der Waals surface area contributed by atoms with Crippen molar-refractivity contribution in [3.63, 3.8) is 0 Å². The van der Waals surface area contributed by atoms with Gasteiger partial charge in [-0.3, -0.25) is 10.1 Å². The van der Waals surface area contributed by atoms with Crippen molar-refractivity contribution >= 4 is 33.3 Å². The summed E-state index contributed by atoms with van der Waals surface area (Å²) in [7, 11) is 0. The zero-order chi connectivity index (χ0) is 18.1. The normalized spacial score (nSPS) is 10.8. The Labute approximate surface area is 150 Å². The lowest BCUT2D eigenvalue weighted by atomic mass is 10.1. The van der Waals surface area contributed by atoms with Gasteiger partial charge in [0.1, 0.15) is 16.3 Å². The molecule has 0 fully saturated rings. The lowest BCUT2D eigenvalue weighted by Gasteiger charge is -2.05. The molecule has 4 aromatic rings. The Balaban J connectivity index is 1.66. The van der Waals surface area contributed by atoms with Gasteiger partial charge in [-0.05, 0) is 12.1 Å². The summed E-state index contributed by atoms with van der Waals surface area (Å²) >= 11 is 1.16. The van der Waals surface area contributed by atoms with E-state index in [4.69, 9.17) is 4.42 Å². The molecule has 7 nitrogen and oxygen atoms in total. The lowest BCUT2D eigenvalue weighted by molar-refractivity contribution is 0.102. The van der Waals surface area contributed by atoms with Gasteiger partial charge in [-0.2, -0.15) is 0 Å². The molecule has 0 aliphatic carbocycles. The molecule has 0 aliphatic rings. The zero-order valence-corrected chi connectivity index (χ0v) is 14.0. The van der Waals surface area contributed by atoms with Gasteiger partial charge in [0, 0.05) is 5.56 Å². The summed E-state index contributed by atoms with van der Waals surface area (Å²) in [6.07, 6.45) is 0. The maximum atomic E-state index is 12.5. The van der Waals surface area contributed by atoms with E-state index in [9.17, 15) is 14.7 Å². The number of rotatable bonds is 3. The van der Waals surface area contributed by atoms with E-state index in [0.29, 0.717) is 5.01 Å². The van der Waals surface area contributed by atoms with Crippen molar-refractivity contribution in [1.82, 2.24) is 10.2 Å². The molecule has 1 amide bonds. The number of hydrogen-bond donors (Lipinski definition) is 2. The predicted octanol–water partition coefficient (Wildman–Crippen LogP) is 3.27. The first-order valence-corrected chi connectivity index (χ1v) is 8.40. The third-order valence-electron chi connectivity index (χ3n) is 3.68. The van der Waals surface area contributed by atoms with Crippen LogP contribution in [-0.2, 0) is 0 Å². The first-order chi connectivity index (χ1) is 12.6. The Morgan fingerprint density at radius 3 is 2.58 bits per heavy atom. The fourth-order valence-electron chi connectivity index (χ4n) is 2.46. The number of carbonyl (C=O) groups excluding carboxylic acids is 1. The number of fused-ring (bicyclic) bond motifs is 1. The van der Waals surface area contributed by atoms with Crippen LogP contribution in [0.15, 0.2) is 63.8 Å². The van der Waals surface area contributed by atoms with Gasteiger partial charge in [0.05, 0.1) is 5.39 Å². The fourth-order valence-corrected chi connectivity index (χ4v) is 3.21. The van der Waals surface area contributed by atoms with Crippen molar-refractivity contribution in [1.29, 1.82) is 0 Å². The number of hydrogen-bond acceptors (Lipinski definition) is 7. The van der Waals surface area contributed by atoms with Gasteiger partial charge < -0.3 is 9.52 Å². The van der Waals surface area contributed by atoms with E-state index >= 15 is 0 Å². The molecular weight excluding hydrogens is 354 g/mol. The second kappa shape index (κ2) is 6.41. The Morgan fingerprint density at radius 1 is 1.04 bits per heavy atom. The molecule has 2 aromatic carbocycles. The summed E-state index contributed by atoms with van der Waals surface area (Å²) in [5, 5.41) is 21.8. The van der Waals surface area contributed by atoms with Crippen LogP contribution in [0.3, 0.4) is 0 Å². The number of aromatic nitrogens is 2. The molecule has 2 heterocycles. The lowest BCUT2D eigenvalue weighted by Crippen LogP contribution is -2.21. The van der Waals surface area contributed by atoms with E-state index < -0.39 is 22.8 Å². The van der Waals surface area contributed by atoms with Crippen LogP contribution in [0.2, 0.25) is 0 Å². The molecule has 0 aliphatic heterocycles. The van der Waals surface area contributed by atoms with Crippen molar-refractivity contribution in [3.8, 4) is 16.3 Å². The summed E-state index contributed by atoms with van der Waals surface area (Å²) in [6, 6.07) is 15.8. The maximum Gasteiger partial charge on any atom is 0.353 e. The van der Waals surface area contributed by atoms with Crippen LogP contribution in [0, 0.1) is 0 Å². The zero-order valence-electron chi connectivity index (χ0n) is 13.2. The Kier molecular flexibility index (Phi) is 3.94. The highest BCUT2D eigenvalue weighted by Crippen LogP contribution is 2.29. The second-order valence-corrected chi connectivity index (χ2v) is 6.32. The van der Waals surface area contributed by atoms with Crippen molar-refractivity contribution in [2.75, 3.05) is 5.32 Å². The molecule has 0 spiro atoms. The number of nitrogens with one attached hydrogen (secondary N) is 1. The Morgan fingerprint density at radius 2 is 1.77 bits per heavy atom. The standard InChI is InChI=1S/C18H11N3O4S/c22-14-11-8-4-5-9-12(11)25-17(24)13(14)15(23)19-18-21-20-16(26-18)10-6-2-1-3-7-10/h1-9,22H,(H,19,21,23). The first kappa shape index (κ1) is 16.0. The van der Waals surface area contributed by atoms with Crippen molar-refractivity contribution < 1.29 is 14.3 Å². The van der Waals surface area contributed by atoms with Crippen LogP contribution >= 0.6 is 11.3 Å². The number of nitrogens with zero attached hydrogens (tertiary/aromatic N) is 2. The van der Waals surface area contributed by atoms with E-state index in [1.54, 1.807) is 18.2 Å². The maximum absolute atomic E-state index is 12.5. The highest BCUT2D eigenvalue weighted by Gasteiger charge is 2.22. The highest BCUT2D eigenvalue weighted by molar-refractivity contribution is 7.18. The van der Waals surface area contributed by atoms with E-state index in [1.807, 2.05) is 30.3 Å². The highest BCUT2D eigenvalue weighted by atomic mass is 32.1. The van der Waals surface area contributed by atoms with Crippen molar-refractivity contribution in [3.05, 3.63) is 70.6 Å². The molecule has 0 unspecified atom stereocenters. The van der Waals surface area contributed by atoms with Gasteiger partial charge in [0.2, 0.25) is 5.13 Å². The molecule has 0 bridgehead atoms. The summed E-state index contributed by atoms with van der Waals surface area (Å²) in [5.74, 6) is -1.24. The number of carbonyl (C=O) groups is 1. The topological polar surface area (TPSA) is 105 Å². The minimum Gasteiger partial charge on any atom is -0.506 e. The Hall–Kier alpha value is -3.52. The quantitative estimate of drug-likeness (QED) is 0.540. The predicted molar refractivity (Wildman–Crippen MR) is 97.4 cm³/mol. The molecule has 2 N–H and O–H groups in total. The van der Waals surface area contributed by atoms with Gasteiger partial charge in [-0.15, -0.1) is 10.2 Å². The average Bonchev–Trinajstić information content (AvgIpc) is 3.11. The second-order valence-electron chi connectivity index (χ2n) is 5.34. The van der Waals surface area contributed by atoms with Gasteiger partial charge in [-0.1, -0.05) is 53.8 Å². The van der Waals surface area contributed by atoms with E-state index in [-0.39, 0.29) is 16.1 Å². The van der Waals surface area contributed by atoms with E-state index in [1.165, 1.54) is 6.07 Å². The SMILES string of the molecule is O=C(Nc1nnc(-c2ccccc2)s1)c1c(O)c2ccccc2oc1=O.